The molecule has 0 saturated carbocycles. The van der Waals surface area contributed by atoms with E-state index in [0.717, 1.165) is 5.56 Å². The molecule has 0 saturated heterocycles. The maximum absolute atomic E-state index is 12.8. The highest BCUT2D eigenvalue weighted by atomic mass is 35.5. The monoisotopic (exact) mass is 462 g/mol. The molecule has 166 valence electrons. The molecule has 0 aliphatic heterocycles. The number of hydrogen-bond acceptors (Lipinski definition) is 5. The largest absolute Gasteiger partial charge is 0.481 e. The van der Waals surface area contributed by atoms with E-state index in [2.05, 4.69) is 20.6 Å². The first-order valence-corrected chi connectivity index (χ1v) is 10.3. The molecule has 4 aromatic rings. The lowest BCUT2D eigenvalue weighted by Gasteiger charge is -2.11. The molecule has 4 rings (SSSR count). The number of halogens is 1. The fourth-order valence-corrected chi connectivity index (χ4v) is 3.36. The minimum Gasteiger partial charge on any atom is -0.481 e. The number of fused-ring (bicyclic) bond motifs is 1. The average Bonchev–Trinajstić information content (AvgIpc) is 2.83. The quantitative estimate of drug-likeness (QED) is 0.403. The Bertz CT molecular complexity index is 1400. The van der Waals surface area contributed by atoms with Crippen LogP contribution >= 0.6 is 11.6 Å². The first-order valence-electron chi connectivity index (χ1n) is 9.94. The van der Waals surface area contributed by atoms with E-state index in [1.54, 1.807) is 12.1 Å². The molecule has 0 aliphatic rings. The van der Waals surface area contributed by atoms with Crippen LogP contribution in [0.25, 0.3) is 10.9 Å². The van der Waals surface area contributed by atoms with Crippen molar-refractivity contribution in [2.75, 3.05) is 12.4 Å². The summed E-state index contributed by atoms with van der Waals surface area (Å²) < 4.78 is 5.05. The van der Waals surface area contributed by atoms with E-state index < -0.39 is 11.5 Å². The van der Waals surface area contributed by atoms with E-state index in [-0.39, 0.29) is 22.2 Å². The van der Waals surface area contributed by atoms with Gasteiger partial charge in [-0.3, -0.25) is 14.4 Å². The molecule has 0 fully saturated rings. The second kappa shape index (κ2) is 9.54. The summed E-state index contributed by atoms with van der Waals surface area (Å²) in [5.41, 5.74) is 1.26. The molecule has 0 aliphatic carbocycles. The van der Waals surface area contributed by atoms with Gasteiger partial charge in [-0.15, -0.1) is 0 Å². The summed E-state index contributed by atoms with van der Waals surface area (Å²) in [5, 5.41) is 6.21. The topological polar surface area (TPSA) is 113 Å². The fraction of sp³-hybridized carbons (Fsp3) is 0.0833. The summed E-state index contributed by atoms with van der Waals surface area (Å²) in [4.78, 5) is 44.6. The molecule has 0 spiro atoms. The van der Waals surface area contributed by atoms with Crippen LogP contribution in [0.15, 0.2) is 71.7 Å². The van der Waals surface area contributed by atoms with Gasteiger partial charge in [0.25, 0.3) is 17.4 Å². The molecule has 2 aromatic carbocycles. The first kappa shape index (κ1) is 22.0. The van der Waals surface area contributed by atoms with E-state index in [1.165, 1.54) is 31.5 Å². The molecule has 0 unspecified atom stereocenters. The van der Waals surface area contributed by atoms with Crippen LogP contribution in [0.1, 0.15) is 26.3 Å². The number of H-pyrrole nitrogens is 1. The van der Waals surface area contributed by atoms with Crippen molar-refractivity contribution in [3.63, 3.8) is 0 Å². The predicted octanol–water partition coefficient (Wildman–Crippen LogP) is 3.77. The number of aromatic amines is 1. The molecule has 8 nitrogen and oxygen atoms in total. The minimum atomic E-state index is -0.669. The molecule has 0 bridgehead atoms. The zero-order valence-electron chi connectivity index (χ0n) is 17.5. The van der Waals surface area contributed by atoms with Crippen molar-refractivity contribution in [3.05, 3.63) is 98.9 Å². The van der Waals surface area contributed by atoms with Gasteiger partial charge >= 0.3 is 0 Å². The smallest absolute Gasteiger partial charge is 0.261 e. The number of pyridine rings is 2. The maximum Gasteiger partial charge on any atom is 0.261 e. The molecule has 33 heavy (non-hydrogen) atoms. The van der Waals surface area contributed by atoms with Crippen molar-refractivity contribution >= 4 is 40.0 Å². The highest BCUT2D eigenvalue weighted by Gasteiger charge is 2.16. The van der Waals surface area contributed by atoms with E-state index in [0.29, 0.717) is 28.9 Å². The third-order valence-electron chi connectivity index (χ3n) is 4.93. The van der Waals surface area contributed by atoms with Crippen LogP contribution in [-0.4, -0.2) is 28.9 Å². The van der Waals surface area contributed by atoms with Crippen molar-refractivity contribution in [2.24, 2.45) is 0 Å². The Balaban J connectivity index is 1.53. The van der Waals surface area contributed by atoms with Crippen LogP contribution < -0.4 is 20.9 Å². The second-order valence-electron chi connectivity index (χ2n) is 7.14. The van der Waals surface area contributed by atoms with Crippen molar-refractivity contribution in [2.45, 2.75) is 6.54 Å². The van der Waals surface area contributed by atoms with Gasteiger partial charge in [0.2, 0.25) is 5.88 Å². The standard InChI is InChI=1S/C24H19ClN4O4/c1-33-21-11-19-16(13-26-21)9-17(23(31)28-19)24(32)29-20-10-15(7-8-18(20)25)22(30)27-12-14-5-3-2-4-6-14/h2-11,13H,12H2,1H3,(H,27,30)(H,28,31)(H,29,32). The summed E-state index contributed by atoms with van der Waals surface area (Å²) in [5.74, 6) is -0.656. The van der Waals surface area contributed by atoms with Crippen LogP contribution in [0.3, 0.4) is 0 Å². The first-order chi connectivity index (χ1) is 15.9. The lowest BCUT2D eigenvalue weighted by atomic mass is 10.1. The number of methoxy groups -OCH3 is 1. The Labute approximate surface area is 193 Å². The van der Waals surface area contributed by atoms with Crippen molar-refractivity contribution in [3.8, 4) is 5.88 Å². The van der Waals surface area contributed by atoms with Gasteiger partial charge in [0, 0.05) is 29.8 Å². The van der Waals surface area contributed by atoms with Crippen molar-refractivity contribution in [1.29, 1.82) is 0 Å². The Kier molecular flexibility index (Phi) is 6.37. The van der Waals surface area contributed by atoms with Gasteiger partial charge in [-0.1, -0.05) is 41.9 Å². The van der Waals surface area contributed by atoms with Gasteiger partial charge in [0.05, 0.1) is 23.3 Å². The number of nitrogens with zero attached hydrogens (tertiary/aromatic N) is 1. The van der Waals surface area contributed by atoms with Crippen molar-refractivity contribution < 1.29 is 14.3 Å². The Morgan fingerprint density at radius 1 is 1.06 bits per heavy atom. The minimum absolute atomic E-state index is 0.121. The lowest BCUT2D eigenvalue weighted by Crippen LogP contribution is -2.24. The van der Waals surface area contributed by atoms with Gasteiger partial charge in [0.1, 0.15) is 5.56 Å². The number of hydrogen-bond donors (Lipinski definition) is 3. The van der Waals surface area contributed by atoms with Crippen LogP contribution in [0.2, 0.25) is 5.02 Å². The number of anilines is 1. The van der Waals surface area contributed by atoms with E-state index in [4.69, 9.17) is 16.3 Å². The SMILES string of the molecule is COc1cc2[nH]c(=O)c(C(=O)Nc3cc(C(=O)NCc4ccccc4)ccc3Cl)cc2cn1. The molecule has 9 heteroatoms. The van der Waals surface area contributed by atoms with E-state index in [1.807, 2.05) is 30.3 Å². The number of nitrogens with one attached hydrogen (secondary N) is 3. The Morgan fingerprint density at radius 2 is 1.85 bits per heavy atom. The number of ether oxygens (including phenoxy) is 1. The Hall–Kier alpha value is -4.17. The van der Waals surface area contributed by atoms with Crippen LogP contribution in [0.4, 0.5) is 5.69 Å². The maximum atomic E-state index is 12.8. The van der Waals surface area contributed by atoms with Gasteiger partial charge in [-0.05, 0) is 29.8 Å². The third kappa shape index (κ3) is 5.02. The molecule has 0 atom stereocenters. The fourth-order valence-electron chi connectivity index (χ4n) is 3.19. The molecule has 3 N–H and O–H groups in total. The van der Waals surface area contributed by atoms with Gasteiger partial charge in [-0.2, -0.15) is 0 Å². The summed E-state index contributed by atoms with van der Waals surface area (Å²) in [7, 11) is 1.47. The molecular weight excluding hydrogens is 444 g/mol. The number of carbonyl (C=O) groups is 2. The average molecular weight is 463 g/mol. The zero-order chi connectivity index (χ0) is 23.4. The third-order valence-corrected chi connectivity index (χ3v) is 5.26. The number of carbonyl (C=O) groups excluding carboxylic acids is 2. The predicted molar refractivity (Wildman–Crippen MR) is 126 cm³/mol. The summed E-state index contributed by atoms with van der Waals surface area (Å²) >= 11 is 6.22. The van der Waals surface area contributed by atoms with Crippen LogP contribution in [0, 0.1) is 0 Å². The summed E-state index contributed by atoms with van der Waals surface area (Å²) in [6, 6.07) is 17.0. The zero-order valence-corrected chi connectivity index (χ0v) is 18.3. The second-order valence-corrected chi connectivity index (χ2v) is 7.55. The number of benzene rings is 2. The van der Waals surface area contributed by atoms with Gasteiger partial charge in [-0.25, -0.2) is 4.98 Å². The Morgan fingerprint density at radius 3 is 2.61 bits per heavy atom. The van der Waals surface area contributed by atoms with E-state index >= 15 is 0 Å². The van der Waals surface area contributed by atoms with Gasteiger partial charge < -0.3 is 20.4 Å². The number of aromatic nitrogens is 2. The van der Waals surface area contributed by atoms with Crippen LogP contribution in [0.5, 0.6) is 5.88 Å². The van der Waals surface area contributed by atoms with Crippen LogP contribution in [-0.2, 0) is 6.54 Å². The summed E-state index contributed by atoms with van der Waals surface area (Å²) in [6.07, 6.45) is 1.49. The molecule has 0 radical (unpaired) electrons. The number of rotatable bonds is 6. The van der Waals surface area contributed by atoms with Gasteiger partial charge in [0.15, 0.2) is 0 Å². The highest BCUT2D eigenvalue weighted by Crippen LogP contribution is 2.24. The summed E-state index contributed by atoms with van der Waals surface area (Å²) in [6.45, 7) is 0.356. The number of amides is 2. The van der Waals surface area contributed by atoms with Crippen molar-refractivity contribution in [1.82, 2.24) is 15.3 Å². The molecular formula is C24H19ClN4O4. The highest BCUT2D eigenvalue weighted by molar-refractivity contribution is 6.34. The van der Waals surface area contributed by atoms with E-state index in [9.17, 15) is 14.4 Å². The molecule has 2 amide bonds. The molecule has 2 heterocycles. The normalized spacial score (nSPS) is 10.6. The lowest BCUT2D eigenvalue weighted by molar-refractivity contribution is 0.0949. The molecule has 2 aromatic heterocycles.